The van der Waals surface area contributed by atoms with E-state index in [1.165, 1.54) is 0 Å². The van der Waals surface area contributed by atoms with E-state index in [0.717, 1.165) is 4.47 Å². The minimum absolute atomic E-state index is 0.0547. The molecule has 2 atom stereocenters. The molecule has 2 unspecified atom stereocenters. The van der Waals surface area contributed by atoms with Crippen molar-refractivity contribution in [3.05, 3.63) is 34.3 Å². The molecule has 0 saturated heterocycles. The van der Waals surface area contributed by atoms with Crippen LogP contribution in [-0.4, -0.2) is 24.5 Å². The second-order valence-corrected chi connectivity index (χ2v) is 7.32. The van der Waals surface area contributed by atoms with Gasteiger partial charge in [0.2, 0.25) is 0 Å². The molecular weight excluding hydrogens is 304 g/mol. The number of hydrogen-bond acceptors (Lipinski definition) is 3. The highest BCUT2D eigenvalue weighted by Gasteiger charge is 2.30. The third kappa shape index (κ3) is 3.53. The molecule has 0 bridgehead atoms. The maximum atomic E-state index is 11.8. The predicted octanol–water partition coefficient (Wildman–Crippen LogP) is 2.70. The standard InChI is InChI=1S/C12H17BrO3S/c1-3-11(17(15,16)4-2)12(14)9-5-7-10(13)8-6-9/h5-8,11-12,14H,3-4H2,1-2H3. The van der Waals surface area contributed by atoms with Gasteiger partial charge in [-0.25, -0.2) is 8.42 Å². The van der Waals surface area contributed by atoms with E-state index in [1.807, 2.05) is 0 Å². The van der Waals surface area contributed by atoms with Gasteiger partial charge in [-0.05, 0) is 24.1 Å². The van der Waals surface area contributed by atoms with Gasteiger partial charge < -0.3 is 5.11 Å². The molecule has 0 aliphatic rings. The van der Waals surface area contributed by atoms with Gasteiger partial charge in [-0.1, -0.05) is 41.9 Å². The van der Waals surface area contributed by atoms with Crippen LogP contribution in [0.25, 0.3) is 0 Å². The first-order chi connectivity index (χ1) is 7.92. The highest BCUT2D eigenvalue weighted by atomic mass is 79.9. The quantitative estimate of drug-likeness (QED) is 0.907. The summed E-state index contributed by atoms with van der Waals surface area (Å²) in [4.78, 5) is 0. The summed E-state index contributed by atoms with van der Waals surface area (Å²) in [5.74, 6) is 0.0547. The van der Waals surface area contributed by atoms with Gasteiger partial charge in [0, 0.05) is 10.2 Å². The number of benzene rings is 1. The third-order valence-corrected chi connectivity index (χ3v) is 5.68. The largest absolute Gasteiger partial charge is 0.387 e. The van der Waals surface area contributed by atoms with Crippen LogP contribution in [0.2, 0.25) is 0 Å². The van der Waals surface area contributed by atoms with Crippen molar-refractivity contribution < 1.29 is 13.5 Å². The first-order valence-electron chi connectivity index (χ1n) is 5.57. The average Bonchev–Trinajstić information content (AvgIpc) is 2.30. The summed E-state index contributed by atoms with van der Waals surface area (Å²) in [6.07, 6.45) is -0.550. The first-order valence-corrected chi connectivity index (χ1v) is 8.08. The molecule has 0 aliphatic heterocycles. The van der Waals surface area contributed by atoms with Crippen molar-refractivity contribution in [2.24, 2.45) is 0 Å². The van der Waals surface area contributed by atoms with Crippen LogP contribution in [-0.2, 0) is 9.84 Å². The molecule has 5 heteroatoms. The van der Waals surface area contributed by atoms with E-state index in [4.69, 9.17) is 0 Å². The fraction of sp³-hybridized carbons (Fsp3) is 0.500. The maximum Gasteiger partial charge on any atom is 0.155 e. The summed E-state index contributed by atoms with van der Waals surface area (Å²) in [7, 11) is -3.23. The number of halogens is 1. The van der Waals surface area contributed by atoms with Crippen LogP contribution in [0.3, 0.4) is 0 Å². The Balaban J connectivity index is 3.02. The third-order valence-electron chi connectivity index (χ3n) is 2.83. The van der Waals surface area contributed by atoms with Crippen LogP contribution in [0.5, 0.6) is 0 Å². The number of aliphatic hydroxyl groups excluding tert-OH is 1. The van der Waals surface area contributed by atoms with Crippen LogP contribution >= 0.6 is 15.9 Å². The molecule has 1 rings (SSSR count). The van der Waals surface area contributed by atoms with Crippen molar-refractivity contribution in [1.29, 1.82) is 0 Å². The van der Waals surface area contributed by atoms with Gasteiger partial charge in [0.15, 0.2) is 9.84 Å². The Kier molecular flexibility index (Phi) is 5.16. The molecule has 3 nitrogen and oxygen atoms in total. The van der Waals surface area contributed by atoms with Gasteiger partial charge in [-0.3, -0.25) is 0 Å². The molecule has 1 aromatic rings. The lowest BCUT2D eigenvalue weighted by Crippen LogP contribution is -2.29. The van der Waals surface area contributed by atoms with Gasteiger partial charge in [-0.15, -0.1) is 0 Å². The molecule has 0 amide bonds. The SMILES string of the molecule is CCC(C(O)c1ccc(Br)cc1)S(=O)(=O)CC. The highest BCUT2D eigenvalue weighted by molar-refractivity contribution is 9.10. The zero-order valence-corrected chi connectivity index (χ0v) is 12.3. The monoisotopic (exact) mass is 320 g/mol. The molecule has 0 spiro atoms. The molecule has 17 heavy (non-hydrogen) atoms. The molecule has 0 heterocycles. The predicted molar refractivity (Wildman–Crippen MR) is 72.6 cm³/mol. The van der Waals surface area contributed by atoms with E-state index in [2.05, 4.69) is 15.9 Å². The second-order valence-electron chi connectivity index (χ2n) is 3.89. The van der Waals surface area contributed by atoms with Crippen molar-refractivity contribution >= 4 is 25.8 Å². The van der Waals surface area contributed by atoms with E-state index in [1.54, 1.807) is 38.1 Å². The summed E-state index contributed by atoms with van der Waals surface area (Å²) in [6, 6.07) is 7.07. The summed E-state index contributed by atoms with van der Waals surface area (Å²) in [5.41, 5.74) is 0.636. The Bertz CT molecular complexity index is 453. The van der Waals surface area contributed by atoms with E-state index < -0.39 is 21.2 Å². The highest BCUT2D eigenvalue weighted by Crippen LogP contribution is 2.26. The maximum absolute atomic E-state index is 11.8. The molecular formula is C12H17BrO3S. The minimum Gasteiger partial charge on any atom is -0.387 e. The van der Waals surface area contributed by atoms with Crippen LogP contribution in [0.4, 0.5) is 0 Å². The zero-order chi connectivity index (χ0) is 13.1. The lowest BCUT2D eigenvalue weighted by Gasteiger charge is -2.21. The number of rotatable bonds is 5. The van der Waals surface area contributed by atoms with E-state index in [-0.39, 0.29) is 5.75 Å². The lowest BCUT2D eigenvalue weighted by molar-refractivity contribution is 0.169. The van der Waals surface area contributed by atoms with E-state index in [0.29, 0.717) is 12.0 Å². The van der Waals surface area contributed by atoms with Crippen LogP contribution in [0.15, 0.2) is 28.7 Å². The molecule has 0 saturated carbocycles. The average molecular weight is 321 g/mol. The van der Waals surface area contributed by atoms with Gasteiger partial charge in [-0.2, -0.15) is 0 Å². The topological polar surface area (TPSA) is 54.4 Å². The summed E-state index contributed by atoms with van der Waals surface area (Å²) in [5, 5.41) is 9.42. The fourth-order valence-corrected chi connectivity index (χ4v) is 3.51. The van der Waals surface area contributed by atoms with Crippen molar-refractivity contribution in [2.75, 3.05) is 5.75 Å². The minimum atomic E-state index is -3.23. The Morgan fingerprint density at radius 2 is 1.76 bits per heavy atom. The number of aliphatic hydroxyl groups is 1. The summed E-state index contributed by atoms with van der Waals surface area (Å²) in [6.45, 7) is 3.38. The summed E-state index contributed by atoms with van der Waals surface area (Å²) < 4.78 is 24.6. The van der Waals surface area contributed by atoms with Crippen LogP contribution < -0.4 is 0 Å². The normalized spacial score (nSPS) is 15.5. The lowest BCUT2D eigenvalue weighted by atomic mass is 10.1. The molecule has 1 N–H and O–H groups in total. The Hall–Kier alpha value is -0.390. The van der Waals surface area contributed by atoms with E-state index >= 15 is 0 Å². The molecule has 0 radical (unpaired) electrons. The Labute approximate surface area is 111 Å². The van der Waals surface area contributed by atoms with Crippen molar-refractivity contribution in [1.82, 2.24) is 0 Å². The molecule has 0 fully saturated rings. The molecule has 0 aliphatic carbocycles. The molecule has 96 valence electrons. The van der Waals surface area contributed by atoms with Gasteiger partial charge in [0.1, 0.15) is 0 Å². The molecule has 0 aromatic heterocycles. The Morgan fingerprint density at radius 3 is 2.18 bits per heavy atom. The summed E-state index contributed by atoms with van der Waals surface area (Å²) >= 11 is 3.30. The second kappa shape index (κ2) is 5.98. The number of hydrogen-bond donors (Lipinski definition) is 1. The van der Waals surface area contributed by atoms with Gasteiger partial charge in [0.25, 0.3) is 0 Å². The molecule has 1 aromatic carbocycles. The van der Waals surface area contributed by atoms with E-state index in [9.17, 15) is 13.5 Å². The van der Waals surface area contributed by atoms with Crippen molar-refractivity contribution in [3.8, 4) is 0 Å². The van der Waals surface area contributed by atoms with Crippen molar-refractivity contribution in [3.63, 3.8) is 0 Å². The smallest absolute Gasteiger partial charge is 0.155 e. The van der Waals surface area contributed by atoms with Crippen molar-refractivity contribution in [2.45, 2.75) is 31.6 Å². The van der Waals surface area contributed by atoms with Crippen LogP contribution in [0, 0.1) is 0 Å². The van der Waals surface area contributed by atoms with Gasteiger partial charge in [0.05, 0.1) is 11.4 Å². The van der Waals surface area contributed by atoms with Gasteiger partial charge >= 0.3 is 0 Å². The fourth-order valence-electron chi connectivity index (χ4n) is 1.76. The first kappa shape index (κ1) is 14.7. The Morgan fingerprint density at radius 1 is 1.24 bits per heavy atom. The van der Waals surface area contributed by atoms with Crippen LogP contribution in [0.1, 0.15) is 31.9 Å². The zero-order valence-electron chi connectivity index (χ0n) is 9.93. The number of sulfone groups is 1.